The van der Waals surface area contributed by atoms with Crippen LogP contribution in [0.3, 0.4) is 0 Å². The minimum atomic E-state index is -0.00257. The van der Waals surface area contributed by atoms with Crippen molar-refractivity contribution in [3.8, 4) is 11.5 Å². The van der Waals surface area contributed by atoms with Crippen LogP contribution in [0.15, 0.2) is 42.5 Å². The van der Waals surface area contributed by atoms with E-state index in [1.165, 1.54) is 0 Å². The third kappa shape index (κ3) is 3.73. The molecule has 0 fully saturated rings. The number of nitrogen functional groups attached to an aromatic ring is 1. The zero-order valence-electron chi connectivity index (χ0n) is 11.9. The highest BCUT2D eigenvalue weighted by atomic mass is 16.5. The lowest BCUT2D eigenvalue weighted by Crippen LogP contribution is -2.11. The van der Waals surface area contributed by atoms with E-state index >= 15 is 0 Å². The fourth-order valence-corrected chi connectivity index (χ4v) is 1.89. The quantitative estimate of drug-likeness (QED) is 0.559. The minimum Gasteiger partial charge on any atom is -0.493 e. The number of rotatable bonds is 6. The van der Waals surface area contributed by atoms with Crippen molar-refractivity contribution in [2.24, 2.45) is 11.5 Å². The number of ether oxygens (including phenoxy) is 2. The van der Waals surface area contributed by atoms with Gasteiger partial charge in [0.1, 0.15) is 12.4 Å². The maximum atomic E-state index is 7.42. The Kier molecular flexibility index (Phi) is 4.79. The summed E-state index contributed by atoms with van der Waals surface area (Å²) in [6.45, 7) is 0.960. The van der Waals surface area contributed by atoms with Gasteiger partial charge in [0.25, 0.3) is 0 Å². The molecule has 5 heteroatoms. The summed E-state index contributed by atoms with van der Waals surface area (Å²) in [5.41, 5.74) is 13.8. The summed E-state index contributed by atoms with van der Waals surface area (Å²) in [6.07, 6.45) is 0. The molecule has 0 saturated carbocycles. The van der Waals surface area contributed by atoms with E-state index in [4.69, 9.17) is 26.4 Å². The largest absolute Gasteiger partial charge is 0.493 e. The van der Waals surface area contributed by atoms with Gasteiger partial charge in [-0.25, -0.2) is 0 Å². The number of hydrogen-bond acceptors (Lipinski definition) is 4. The average molecular weight is 285 g/mol. The van der Waals surface area contributed by atoms with Crippen LogP contribution in [-0.4, -0.2) is 12.9 Å². The van der Waals surface area contributed by atoms with Gasteiger partial charge in [0.15, 0.2) is 11.5 Å². The molecule has 2 rings (SSSR count). The van der Waals surface area contributed by atoms with Crippen LogP contribution in [0.25, 0.3) is 0 Å². The Morgan fingerprint density at radius 2 is 1.71 bits per heavy atom. The van der Waals surface area contributed by atoms with Gasteiger partial charge in [-0.3, -0.25) is 5.41 Å². The van der Waals surface area contributed by atoms with Crippen LogP contribution < -0.4 is 20.9 Å². The first-order valence-electron chi connectivity index (χ1n) is 6.57. The molecule has 0 atom stereocenters. The molecule has 0 aliphatic heterocycles. The maximum absolute atomic E-state index is 7.42. The van der Waals surface area contributed by atoms with Crippen LogP contribution in [-0.2, 0) is 13.2 Å². The standard InChI is InChI=1S/C16H19N3O2/c1-20-15-8-13(16(18)19)6-7-14(15)21-10-12-4-2-11(9-17)3-5-12/h2-8H,9-10,17H2,1H3,(H3,18,19). The molecule has 0 unspecified atom stereocenters. The van der Waals surface area contributed by atoms with Crippen molar-refractivity contribution >= 4 is 5.84 Å². The highest BCUT2D eigenvalue weighted by Crippen LogP contribution is 2.28. The Morgan fingerprint density at radius 1 is 1.05 bits per heavy atom. The van der Waals surface area contributed by atoms with Crippen LogP contribution in [0.4, 0.5) is 0 Å². The first-order chi connectivity index (χ1) is 10.1. The highest BCUT2D eigenvalue weighted by Gasteiger charge is 2.07. The second-order valence-corrected chi connectivity index (χ2v) is 4.59. The normalized spacial score (nSPS) is 10.2. The van der Waals surface area contributed by atoms with Gasteiger partial charge in [-0.05, 0) is 29.3 Å². The third-order valence-electron chi connectivity index (χ3n) is 3.13. The number of nitrogens with one attached hydrogen (secondary N) is 1. The van der Waals surface area contributed by atoms with E-state index in [2.05, 4.69) is 0 Å². The molecule has 2 aromatic carbocycles. The number of benzene rings is 2. The summed E-state index contributed by atoms with van der Waals surface area (Å²) < 4.78 is 11.0. The molecule has 2 aromatic rings. The van der Waals surface area contributed by atoms with Crippen molar-refractivity contribution in [1.82, 2.24) is 0 Å². The Balaban J connectivity index is 2.09. The van der Waals surface area contributed by atoms with E-state index in [1.807, 2.05) is 24.3 Å². The molecule has 0 aliphatic rings. The third-order valence-corrected chi connectivity index (χ3v) is 3.13. The van der Waals surface area contributed by atoms with Crippen molar-refractivity contribution in [3.63, 3.8) is 0 Å². The minimum absolute atomic E-state index is 0.00257. The van der Waals surface area contributed by atoms with E-state index in [0.29, 0.717) is 30.2 Å². The summed E-state index contributed by atoms with van der Waals surface area (Å²) in [5, 5.41) is 7.42. The van der Waals surface area contributed by atoms with Crippen molar-refractivity contribution in [2.45, 2.75) is 13.2 Å². The molecule has 0 amide bonds. The Bertz CT molecular complexity index is 624. The summed E-state index contributed by atoms with van der Waals surface area (Å²) >= 11 is 0. The van der Waals surface area contributed by atoms with Crippen LogP contribution in [0.5, 0.6) is 11.5 Å². The Labute approximate surface area is 124 Å². The van der Waals surface area contributed by atoms with Crippen LogP contribution in [0.1, 0.15) is 16.7 Å². The number of amidine groups is 1. The lowest BCUT2D eigenvalue weighted by Gasteiger charge is -2.12. The zero-order valence-corrected chi connectivity index (χ0v) is 11.9. The first kappa shape index (κ1) is 14.9. The molecule has 21 heavy (non-hydrogen) atoms. The molecular weight excluding hydrogens is 266 g/mol. The van der Waals surface area contributed by atoms with Gasteiger partial charge >= 0.3 is 0 Å². The molecule has 5 N–H and O–H groups in total. The zero-order chi connectivity index (χ0) is 15.2. The molecule has 0 radical (unpaired) electrons. The van der Waals surface area contributed by atoms with Crippen LogP contribution in [0.2, 0.25) is 0 Å². The average Bonchev–Trinajstić information content (AvgIpc) is 2.53. The highest BCUT2D eigenvalue weighted by molar-refractivity contribution is 5.95. The Hall–Kier alpha value is -2.53. The topological polar surface area (TPSA) is 94.3 Å². The molecule has 0 heterocycles. The predicted octanol–water partition coefficient (Wildman–Crippen LogP) is 2.02. The van der Waals surface area contributed by atoms with Crippen molar-refractivity contribution in [3.05, 3.63) is 59.2 Å². The molecular formula is C16H19N3O2. The van der Waals surface area contributed by atoms with E-state index in [9.17, 15) is 0 Å². The lowest BCUT2D eigenvalue weighted by atomic mass is 10.1. The second-order valence-electron chi connectivity index (χ2n) is 4.59. The van der Waals surface area contributed by atoms with Gasteiger partial charge in [-0.2, -0.15) is 0 Å². The summed E-state index contributed by atoms with van der Waals surface area (Å²) in [4.78, 5) is 0. The predicted molar refractivity (Wildman–Crippen MR) is 82.7 cm³/mol. The summed E-state index contributed by atoms with van der Waals surface area (Å²) in [7, 11) is 1.56. The fourth-order valence-electron chi connectivity index (χ4n) is 1.89. The maximum Gasteiger partial charge on any atom is 0.161 e. The van der Waals surface area contributed by atoms with E-state index in [1.54, 1.807) is 25.3 Å². The summed E-state index contributed by atoms with van der Waals surface area (Å²) in [6, 6.07) is 13.1. The number of hydrogen-bond donors (Lipinski definition) is 3. The van der Waals surface area contributed by atoms with Crippen LogP contribution in [0, 0.1) is 5.41 Å². The van der Waals surface area contributed by atoms with E-state index in [0.717, 1.165) is 11.1 Å². The van der Waals surface area contributed by atoms with Crippen molar-refractivity contribution < 1.29 is 9.47 Å². The van der Waals surface area contributed by atoms with Gasteiger partial charge < -0.3 is 20.9 Å². The molecule has 5 nitrogen and oxygen atoms in total. The van der Waals surface area contributed by atoms with Gasteiger partial charge in [0.2, 0.25) is 0 Å². The van der Waals surface area contributed by atoms with E-state index < -0.39 is 0 Å². The smallest absolute Gasteiger partial charge is 0.161 e. The number of methoxy groups -OCH3 is 1. The lowest BCUT2D eigenvalue weighted by molar-refractivity contribution is 0.284. The molecule has 0 aliphatic carbocycles. The van der Waals surface area contributed by atoms with Crippen molar-refractivity contribution in [2.75, 3.05) is 7.11 Å². The van der Waals surface area contributed by atoms with Gasteiger partial charge in [-0.1, -0.05) is 24.3 Å². The molecule has 0 saturated heterocycles. The van der Waals surface area contributed by atoms with Gasteiger partial charge in [0, 0.05) is 12.1 Å². The molecule has 0 bridgehead atoms. The molecule has 0 spiro atoms. The second kappa shape index (κ2) is 6.76. The van der Waals surface area contributed by atoms with Gasteiger partial charge in [0.05, 0.1) is 7.11 Å². The monoisotopic (exact) mass is 285 g/mol. The van der Waals surface area contributed by atoms with Gasteiger partial charge in [-0.15, -0.1) is 0 Å². The molecule has 110 valence electrons. The number of nitrogens with two attached hydrogens (primary N) is 2. The Morgan fingerprint density at radius 3 is 2.29 bits per heavy atom. The fraction of sp³-hybridized carbons (Fsp3) is 0.188. The van der Waals surface area contributed by atoms with Crippen LogP contribution >= 0.6 is 0 Å². The molecule has 0 aromatic heterocycles. The van der Waals surface area contributed by atoms with E-state index in [-0.39, 0.29) is 5.84 Å². The summed E-state index contributed by atoms with van der Waals surface area (Å²) in [5.74, 6) is 1.17. The SMILES string of the molecule is COc1cc(C(=N)N)ccc1OCc1ccc(CN)cc1. The first-order valence-corrected chi connectivity index (χ1v) is 6.57. The van der Waals surface area contributed by atoms with Crippen molar-refractivity contribution in [1.29, 1.82) is 5.41 Å².